The fourth-order valence-corrected chi connectivity index (χ4v) is 5.10. The van der Waals surface area contributed by atoms with Gasteiger partial charge in [0.15, 0.2) is 0 Å². The first kappa shape index (κ1) is 21.5. The van der Waals surface area contributed by atoms with E-state index < -0.39 is 0 Å². The number of thiophene rings is 1. The molecule has 0 saturated carbocycles. The van der Waals surface area contributed by atoms with E-state index in [1.54, 1.807) is 27.1 Å². The number of hydrogen-bond acceptors (Lipinski definition) is 5. The van der Waals surface area contributed by atoms with Crippen molar-refractivity contribution in [2.75, 3.05) is 25.0 Å². The van der Waals surface area contributed by atoms with Gasteiger partial charge in [-0.05, 0) is 44.1 Å². The molecule has 2 aromatic rings. The Morgan fingerprint density at radius 2 is 2.00 bits per heavy atom. The van der Waals surface area contributed by atoms with Crippen molar-refractivity contribution < 1.29 is 14.4 Å². The number of nitrogens with one attached hydrogen (secondary N) is 1. The lowest BCUT2D eigenvalue weighted by molar-refractivity contribution is -0.144. The second-order valence-electron chi connectivity index (χ2n) is 8.17. The van der Waals surface area contributed by atoms with Gasteiger partial charge in [0.1, 0.15) is 6.04 Å². The van der Waals surface area contributed by atoms with E-state index in [1.807, 2.05) is 35.5 Å². The maximum Gasteiger partial charge on any atom is 0.245 e. The minimum atomic E-state index is -0.363. The molecule has 9 heteroatoms. The van der Waals surface area contributed by atoms with Gasteiger partial charge in [-0.1, -0.05) is 6.07 Å². The summed E-state index contributed by atoms with van der Waals surface area (Å²) in [6, 6.07) is 3.53. The molecule has 166 valence electrons. The van der Waals surface area contributed by atoms with Gasteiger partial charge in [-0.2, -0.15) is 5.10 Å². The number of nitrogens with zero attached hydrogens (tertiary/aromatic N) is 4. The Balaban J connectivity index is 1.29. The number of rotatable bonds is 6. The summed E-state index contributed by atoms with van der Waals surface area (Å²) in [6.45, 7) is 4.49. The van der Waals surface area contributed by atoms with Crippen LogP contribution >= 0.6 is 11.3 Å². The van der Waals surface area contributed by atoms with Gasteiger partial charge in [0.2, 0.25) is 17.7 Å². The number of carbonyl (C=O) groups excluding carboxylic acids is 3. The molecule has 0 radical (unpaired) electrons. The molecule has 2 saturated heterocycles. The zero-order valence-electron chi connectivity index (χ0n) is 17.8. The molecular weight excluding hydrogens is 414 g/mol. The van der Waals surface area contributed by atoms with Gasteiger partial charge in [-0.25, -0.2) is 0 Å². The van der Waals surface area contributed by atoms with Gasteiger partial charge in [-0.15, -0.1) is 11.3 Å². The Morgan fingerprint density at radius 3 is 2.68 bits per heavy atom. The minimum absolute atomic E-state index is 0.0172. The van der Waals surface area contributed by atoms with Crippen LogP contribution in [0, 0.1) is 5.92 Å². The molecule has 0 bridgehead atoms. The van der Waals surface area contributed by atoms with Crippen molar-refractivity contribution in [2.45, 2.75) is 51.6 Å². The third kappa shape index (κ3) is 4.98. The Morgan fingerprint density at radius 1 is 1.19 bits per heavy atom. The van der Waals surface area contributed by atoms with Crippen LogP contribution in [0.1, 0.15) is 37.5 Å². The van der Waals surface area contributed by atoms with Gasteiger partial charge >= 0.3 is 0 Å². The Hall–Kier alpha value is -2.68. The van der Waals surface area contributed by atoms with Crippen LogP contribution in [-0.2, 0) is 27.3 Å². The molecule has 4 rings (SSSR count). The average Bonchev–Trinajstić information content (AvgIpc) is 3.55. The van der Waals surface area contributed by atoms with Gasteiger partial charge in [-0.3, -0.25) is 19.1 Å². The van der Waals surface area contributed by atoms with Crippen LogP contribution in [-0.4, -0.2) is 63.0 Å². The first-order chi connectivity index (χ1) is 15.0. The molecule has 31 heavy (non-hydrogen) atoms. The topological polar surface area (TPSA) is 87.5 Å². The Labute approximate surface area is 186 Å². The number of hydrogen-bond donors (Lipinski definition) is 1. The van der Waals surface area contributed by atoms with Crippen molar-refractivity contribution in [1.29, 1.82) is 0 Å². The van der Waals surface area contributed by atoms with Crippen LogP contribution < -0.4 is 5.32 Å². The highest BCUT2D eigenvalue weighted by atomic mass is 32.1. The third-order valence-electron chi connectivity index (χ3n) is 6.17. The maximum absolute atomic E-state index is 13.1. The molecule has 2 aromatic heterocycles. The first-order valence-corrected chi connectivity index (χ1v) is 11.9. The van der Waals surface area contributed by atoms with E-state index in [4.69, 9.17) is 0 Å². The van der Waals surface area contributed by atoms with Gasteiger partial charge in [0, 0.05) is 43.2 Å². The number of aromatic nitrogens is 2. The number of carbonyl (C=O) groups is 3. The number of likely N-dealkylation sites (tertiary alicyclic amines) is 2. The van der Waals surface area contributed by atoms with Crippen LogP contribution in [0.5, 0.6) is 0 Å². The van der Waals surface area contributed by atoms with Crippen LogP contribution in [0.3, 0.4) is 0 Å². The van der Waals surface area contributed by atoms with Crippen molar-refractivity contribution in [1.82, 2.24) is 19.6 Å². The number of piperidine rings is 1. The summed E-state index contributed by atoms with van der Waals surface area (Å²) in [4.78, 5) is 43.1. The molecule has 0 spiro atoms. The normalized spacial score (nSPS) is 19.6. The highest BCUT2D eigenvalue weighted by Gasteiger charge is 2.38. The molecule has 1 atom stereocenters. The lowest BCUT2D eigenvalue weighted by Crippen LogP contribution is -2.51. The van der Waals surface area contributed by atoms with E-state index in [-0.39, 0.29) is 29.7 Å². The largest absolute Gasteiger partial charge is 0.341 e. The zero-order chi connectivity index (χ0) is 21.8. The summed E-state index contributed by atoms with van der Waals surface area (Å²) in [5.41, 5.74) is 0.705. The average molecular weight is 444 g/mol. The molecule has 2 aliphatic rings. The summed E-state index contributed by atoms with van der Waals surface area (Å²) in [5.74, 6) is -0.0779. The van der Waals surface area contributed by atoms with E-state index in [9.17, 15) is 14.4 Å². The fraction of sp³-hybridized carbons (Fsp3) is 0.545. The van der Waals surface area contributed by atoms with E-state index >= 15 is 0 Å². The van der Waals surface area contributed by atoms with E-state index in [2.05, 4.69) is 10.4 Å². The summed E-state index contributed by atoms with van der Waals surface area (Å²) in [7, 11) is 0. The summed E-state index contributed by atoms with van der Waals surface area (Å²) in [5, 5.41) is 9.07. The number of anilines is 1. The fourth-order valence-electron chi connectivity index (χ4n) is 4.40. The minimum Gasteiger partial charge on any atom is -0.341 e. The van der Waals surface area contributed by atoms with Gasteiger partial charge in [0.25, 0.3) is 0 Å². The molecule has 1 N–H and O–H groups in total. The molecule has 8 nitrogen and oxygen atoms in total. The summed E-state index contributed by atoms with van der Waals surface area (Å²) in [6.07, 6.45) is 6.68. The standard InChI is InChI=1S/C22H29N5O3S/c1-2-26-15-17(14-23-26)24-21(29)16-7-10-25(11-8-16)22(30)19-6-3-9-27(19)20(28)13-18-5-4-12-31-18/h4-5,12,14-16,19H,2-3,6-11,13H2,1H3,(H,24,29). The highest BCUT2D eigenvalue weighted by Crippen LogP contribution is 2.25. The van der Waals surface area contributed by atoms with Crippen LogP contribution in [0.2, 0.25) is 0 Å². The number of amides is 3. The molecular formula is C22H29N5O3S. The predicted octanol–water partition coefficient (Wildman–Crippen LogP) is 2.38. The zero-order valence-corrected chi connectivity index (χ0v) is 18.6. The first-order valence-electron chi connectivity index (χ1n) is 11.0. The van der Waals surface area contributed by atoms with Crippen LogP contribution in [0.4, 0.5) is 5.69 Å². The Kier molecular flexibility index (Phi) is 6.70. The lowest BCUT2D eigenvalue weighted by Gasteiger charge is -2.35. The molecule has 0 aromatic carbocycles. The van der Waals surface area contributed by atoms with Crippen LogP contribution in [0.25, 0.3) is 0 Å². The van der Waals surface area contributed by atoms with Crippen molar-refractivity contribution >= 4 is 34.7 Å². The van der Waals surface area contributed by atoms with Crippen molar-refractivity contribution in [2.24, 2.45) is 5.92 Å². The Bertz CT molecular complexity index is 917. The van der Waals surface area contributed by atoms with E-state index in [0.717, 1.165) is 24.3 Å². The smallest absolute Gasteiger partial charge is 0.245 e. The van der Waals surface area contributed by atoms with E-state index in [1.165, 1.54) is 0 Å². The summed E-state index contributed by atoms with van der Waals surface area (Å²) >= 11 is 1.57. The van der Waals surface area contributed by atoms with Gasteiger partial charge < -0.3 is 15.1 Å². The quantitative estimate of drug-likeness (QED) is 0.743. The summed E-state index contributed by atoms with van der Waals surface area (Å²) < 4.78 is 1.77. The SMILES string of the molecule is CCn1cc(NC(=O)C2CCN(C(=O)C3CCCN3C(=O)Cc3cccs3)CC2)cn1. The lowest BCUT2D eigenvalue weighted by atomic mass is 9.95. The second-order valence-corrected chi connectivity index (χ2v) is 9.21. The molecule has 0 aliphatic carbocycles. The van der Waals surface area contributed by atoms with Crippen molar-refractivity contribution in [3.63, 3.8) is 0 Å². The second kappa shape index (κ2) is 9.64. The van der Waals surface area contributed by atoms with Crippen molar-refractivity contribution in [3.05, 3.63) is 34.8 Å². The third-order valence-corrected chi connectivity index (χ3v) is 7.04. The maximum atomic E-state index is 13.1. The molecule has 2 fully saturated rings. The molecule has 1 unspecified atom stereocenters. The monoisotopic (exact) mass is 443 g/mol. The highest BCUT2D eigenvalue weighted by molar-refractivity contribution is 7.10. The molecule has 4 heterocycles. The molecule has 3 amide bonds. The molecule has 2 aliphatic heterocycles. The number of aryl methyl sites for hydroxylation is 1. The van der Waals surface area contributed by atoms with Crippen molar-refractivity contribution in [3.8, 4) is 0 Å². The van der Waals surface area contributed by atoms with Crippen LogP contribution in [0.15, 0.2) is 29.9 Å². The van der Waals surface area contributed by atoms with Gasteiger partial charge in [0.05, 0.1) is 18.3 Å². The predicted molar refractivity (Wildman–Crippen MR) is 119 cm³/mol. The van der Waals surface area contributed by atoms with E-state index in [0.29, 0.717) is 44.6 Å².